The maximum atomic E-state index is 13.2. The van der Waals surface area contributed by atoms with Crippen molar-refractivity contribution in [1.82, 2.24) is 0 Å². The number of ether oxygens (including phenoxy) is 4. The van der Waals surface area contributed by atoms with Crippen LogP contribution in [0.15, 0.2) is 0 Å². The Morgan fingerprint density at radius 1 is 0.248 bits per heavy atom. The van der Waals surface area contributed by atoms with Crippen LogP contribution in [0.4, 0.5) is 0 Å². The number of phosphoric acid groups is 2. The van der Waals surface area contributed by atoms with Crippen molar-refractivity contribution in [2.24, 2.45) is 5.92 Å². The van der Waals surface area contributed by atoms with E-state index in [1.165, 1.54) is 315 Å². The first-order valence-electron chi connectivity index (χ1n) is 46.6. The third kappa shape index (κ3) is 83.8. The lowest BCUT2D eigenvalue weighted by Gasteiger charge is -2.21. The molecule has 5 atom stereocenters. The zero-order valence-electron chi connectivity index (χ0n) is 71.7. The molecule has 0 aliphatic carbocycles. The summed E-state index contributed by atoms with van der Waals surface area (Å²) in [6.07, 6.45) is 78.0. The molecule has 0 amide bonds. The first-order chi connectivity index (χ1) is 53.0. The number of aliphatic hydroxyl groups is 1. The first kappa shape index (κ1) is 107. The van der Waals surface area contributed by atoms with E-state index >= 15 is 0 Å². The van der Waals surface area contributed by atoms with Gasteiger partial charge in [0.1, 0.15) is 19.3 Å². The number of unbranched alkanes of at least 4 members (excludes halogenated alkanes) is 62. The van der Waals surface area contributed by atoms with E-state index in [9.17, 15) is 43.2 Å². The van der Waals surface area contributed by atoms with Gasteiger partial charge in [-0.25, -0.2) is 9.13 Å². The quantitative estimate of drug-likeness (QED) is 0.0222. The Bertz CT molecular complexity index is 2070. The lowest BCUT2D eigenvalue weighted by atomic mass is 10.0. The van der Waals surface area contributed by atoms with Crippen molar-refractivity contribution in [2.75, 3.05) is 39.6 Å². The van der Waals surface area contributed by atoms with Gasteiger partial charge in [0, 0.05) is 25.7 Å². The van der Waals surface area contributed by atoms with Gasteiger partial charge in [-0.1, -0.05) is 439 Å². The van der Waals surface area contributed by atoms with Crippen molar-refractivity contribution in [1.29, 1.82) is 0 Å². The molecule has 0 aliphatic heterocycles. The van der Waals surface area contributed by atoms with Crippen molar-refractivity contribution in [2.45, 2.75) is 509 Å². The predicted octanol–water partition coefficient (Wildman–Crippen LogP) is 27.9. The molecule has 648 valence electrons. The van der Waals surface area contributed by atoms with Gasteiger partial charge in [0.05, 0.1) is 26.4 Å². The summed E-state index contributed by atoms with van der Waals surface area (Å²) in [5, 5.41) is 10.7. The van der Waals surface area contributed by atoms with E-state index in [0.29, 0.717) is 25.7 Å². The first-order valence-corrected chi connectivity index (χ1v) is 49.6. The molecule has 0 bridgehead atoms. The number of hydrogen-bond acceptors (Lipinski definition) is 15. The lowest BCUT2D eigenvalue weighted by molar-refractivity contribution is -0.161. The molecule has 0 aliphatic rings. The van der Waals surface area contributed by atoms with Crippen molar-refractivity contribution >= 4 is 39.5 Å². The number of rotatable bonds is 90. The SMILES string of the molecule is CCCCCCCCCCCCCCCCCCCCCCCCC(=O)O[C@H](COC(=O)CCCCCCCCCCCCCCCCCCCC)COP(=O)(O)OC[C@@H](O)COP(=O)(O)OC[C@@H](COC(=O)CCCCCCCCCCC(C)C)OC(=O)CCCCCCCCCCCCCCCCCCCC. The van der Waals surface area contributed by atoms with Gasteiger partial charge in [-0.15, -0.1) is 0 Å². The van der Waals surface area contributed by atoms with Crippen LogP contribution in [0.3, 0.4) is 0 Å². The minimum Gasteiger partial charge on any atom is -0.462 e. The third-order valence-corrected chi connectivity index (χ3v) is 23.2. The molecule has 3 N–H and O–H groups in total. The molecule has 0 radical (unpaired) electrons. The van der Waals surface area contributed by atoms with Crippen LogP contribution >= 0.6 is 15.6 Å². The van der Waals surface area contributed by atoms with Gasteiger partial charge in [-0.2, -0.15) is 0 Å². The molecule has 109 heavy (non-hydrogen) atoms. The predicted molar refractivity (Wildman–Crippen MR) is 451 cm³/mol. The van der Waals surface area contributed by atoms with Crippen molar-refractivity contribution in [3.63, 3.8) is 0 Å². The standard InChI is InChI=1S/C90H176O17P2/c1-6-9-12-15-18-21-24-27-30-33-36-37-38-39-42-45-48-51-54-61-66-71-75-89(94)106-85(79-100-87(92)73-68-63-58-52-49-46-43-40-34-31-28-25-22-19-16-13-10-7-2)81-104-108(96,97)102-77-84(91)78-103-109(98,99)105-82-86(80-101-88(93)74-69-64-59-56-55-57-62-67-72-83(4)5)107-90(95)76-70-65-60-53-50-47-44-41-35-32-29-26-23-20-17-14-11-8-3/h83-86,91H,6-82H2,1-5H3,(H,96,97)(H,98,99)/t84-,85-,86-/m1/s1. The summed E-state index contributed by atoms with van der Waals surface area (Å²) in [4.78, 5) is 73.4. The van der Waals surface area contributed by atoms with Crippen LogP contribution in [0.25, 0.3) is 0 Å². The zero-order valence-corrected chi connectivity index (χ0v) is 73.5. The number of hydrogen-bond donors (Lipinski definition) is 3. The highest BCUT2D eigenvalue weighted by Gasteiger charge is 2.31. The smallest absolute Gasteiger partial charge is 0.462 e. The minimum absolute atomic E-state index is 0.109. The van der Waals surface area contributed by atoms with Crippen LogP contribution < -0.4 is 0 Å². The van der Waals surface area contributed by atoms with Gasteiger partial charge in [0.2, 0.25) is 0 Å². The topological polar surface area (TPSA) is 237 Å². The fourth-order valence-electron chi connectivity index (χ4n) is 14.2. The Kier molecular flexibility index (Phi) is 81.1. The number of carbonyl (C=O) groups excluding carboxylic acids is 4. The van der Waals surface area contributed by atoms with Crippen molar-refractivity contribution < 1.29 is 80.2 Å². The summed E-state index contributed by atoms with van der Waals surface area (Å²) in [5.74, 6) is -1.37. The van der Waals surface area contributed by atoms with E-state index < -0.39 is 97.5 Å². The highest BCUT2D eigenvalue weighted by molar-refractivity contribution is 7.47. The number of esters is 4. The molecule has 0 rings (SSSR count). The average Bonchev–Trinajstić information content (AvgIpc) is 0.900. The second-order valence-corrected chi connectivity index (χ2v) is 35.7. The minimum atomic E-state index is -4.97. The number of phosphoric ester groups is 2. The van der Waals surface area contributed by atoms with Gasteiger partial charge in [-0.05, 0) is 31.6 Å². The third-order valence-electron chi connectivity index (χ3n) is 21.3. The highest BCUT2D eigenvalue weighted by atomic mass is 31.2. The van der Waals surface area contributed by atoms with E-state index in [4.69, 9.17) is 37.0 Å². The maximum absolute atomic E-state index is 13.2. The summed E-state index contributed by atoms with van der Waals surface area (Å²) < 4.78 is 69.0. The Balaban J connectivity index is 5.23. The van der Waals surface area contributed by atoms with E-state index in [-0.39, 0.29) is 25.7 Å². The summed E-state index contributed by atoms with van der Waals surface area (Å²) >= 11 is 0. The van der Waals surface area contributed by atoms with E-state index in [1.807, 2.05) is 0 Å². The molecule has 17 nitrogen and oxygen atoms in total. The van der Waals surface area contributed by atoms with Crippen molar-refractivity contribution in [3.05, 3.63) is 0 Å². The maximum Gasteiger partial charge on any atom is 0.472 e. The Morgan fingerprint density at radius 3 is 0.624 bits per heavy atom. The van der Waals surface area contributed by atoms with Crippen LogP contribution in [-0.2, 0) is 65.4 Å². The summed E-state index contributed by atoms with van der Waals surface area (Å²) in [6.45, 7) is 7.35. The zero-order chi connectivity index (χ0) is 79.7. The Hall–Kier alpha value is -1.94. The van der Waals surface area contributed by atoms with Crippen molar-refractivity contribution in [3.8, 4) is 0 Å². The number of carbonyl (C=O) groups is 4. The molecular formula is C90H176O17P2. The number of aliphatic hydroxyl groups excluding tert-OH is 1. The van der Waals surface area contributed by atoms with E-state index in [0.717, 1.165) is 95.8 Å². The fourth-order valence-corrected chi connectivity index (χ4v) is 15.8. The molecule has 0 aromatic carbocycles. The molecule has 0 heterocycles. The largest absolute Gasteiger partial charge is 0.472 e. The van der Waals surface area contributed by atoms with Gasteiger partial charge in [-0.3, -0.25) is 37.3 Å². The second-order valence-electron chi connectivity index (χ2n) is 32.8. The molecule has 0 fully saturated rings. The monoisotopic (exact) mass is 1590 g/mol. The van der Waals surface area contributed by atoms with Crippen LogP contribution in [0.5, 0.6) is 0 Å². The van der Waals surface area contributed by atoms with Gasteiger partial charge < -0.3 is 33.8 Å². The molecule has 0 spiro atoms. The van der Waals surface area contributed by atoms with E-state index in [2.05, 4.69) is 34.6 Å². The Labute approximate surface area is 670 Å². The fraction of sp³-hybridized carbons (Fsp3) is 0.956. The highest BCUT2D eigenvalue weighted by Crippen LogP contribution is 2.45. The summed E-state index contributed by atoms with van der Waals surface area (Å²) in [5.41, 5.74) is 0. The summed E-state index contributed by atoms with van der Waals surface area (Å²) in [7, 11) is -9.93. The van der Waals surface area contributed by atoms with Crippen LogP contribution in [0, 0.1) is 5.92 Å². The van der Waals surface area contributed by atoms with Crippen LogP contribution in [-0.4, -0.2) is 96.7 Å². The average molecular weight is 1590 g/mol. The van der Waals surface area contributed by atoms with Crippen LogP contribution in [0.2, 0.25) is 0 Å². The van der Waals surface area contributed by atoms with Gasteiger partial charge in [0.15, 0.2) is 12.2 Å². The normalized spacial score (nSPS) is 13.7. The molecular weight excluding hydrogens is 1410 g/mol. The molecule has 0 aromatic heterocycles. The Morgan fingerprint density at radius 2 is 0.422 bits per heavy atom. The molecule has 2 unspecified atom stereocenters. The van der Waals surface area contributed by atoms with Crippen LogP contribution in [0.1, 0.15) is 490 Å². The second kappa shape index (κ2) is 82.6. The molecule has 0 saturated carbocycles. The molecule has 0 saturated heterocycles. The molecule has 19 heteroatoms. The molecule has 0 aromatic rings. The lowest BCUT2D eigenvalue weighted by Crippen LogP contribution is -2.30. The van der Waals surface area contributed by atoms with E-state index in [1.54, 1.807) is 0 Å². The van der Waals surface area contributed by atoms with Gasteiger partial charge in [0.25, 0.3) is 0 Å². The summed E-state index contributed by atoms with van der Waals surface area (Å²) in [6, 6.07) is 0. The van der Waals surface area contributed by atoms with Gasteiger partial charge >= 0.3 is 39.5 Å².